The number of rotatable bonds is 8. The molecule has 2 nitrogen and oxygen atoms in total. The van der Waals surface area contributed by atoms with Gasteiger partial charge in [0.1, 0.15) is 0 Å². The molecule has 320 valence electrons. The largest absolute Gasteiger partial charge is 0.310 e. The summed E-state index contributed by atoms with van der Waals surface area (Å²) in [6.45, 7) is 18.3. The van der Waals surface area contributed by atoms with Crippen LogP contribution < -0.4 is 9.80 Å². The molecule has 0 fully saturated rings. The van der Waals surface area contributed by atoms with Crippen molar-refractivity contribution in [1.82, 2.24) is 0 Å². The van der Waals surface area contributed by atoms with Crippen LogP contribution in [-0.2, 0) is 0 Å². The van der Waals surface area contributed by atoms with E-state index >= 15 is 0 Å². The second kappa shape index (κ2) is 16.1. The van der Waals surface area contributed by atoms with Crippen molar-refractivity contribution in [2.75, 3.05) is 9.80 Å². The highest BCUT2D eigenvalue weighted by Gasteiger charge is 2.34. The third-order valence-corrected chi connectivity index (χ3v) is 14.4. The Balaban J connectivity index is 1.06. The van der Waals surface area contributed by atoms with Crippen LogP contribution in [0.3, 0.4) is 0 Å². The first-order valence-corrected chi connectivity index (χ1v) is 23.3. The molecule has 0 saturated carbocycles. The van der Waals surface area contributed by atoms with Crippen LogP contribution in [0, 0.1) is 55.4 Å². The van der Waals surface area contributed by atoms with Gasteiger partial charge in [-0.3, -0.25) is 0 Å². The number of fused-ring (bicyclic) bond motifs is 6. The fraction of sp³-hybridized carbons (Fsp3) is 0.125. The van der Waals surface area contributed by atoms with Crippen LogP contribution in [0.5, 0.6) is 0 Å². The predicted molar refractivity (Wildman–Crippen MR) is 284 cm³/mol. The van der Waals surface area contributed by atoms with E-state index in [0.29, 0.717) is 0 Å². The zero-order valence-electron chi connectivity index (χ0n) is 39.2. The number of hydrogen-bond acceptors (Lipinski definition) is 2. The van der Waals surface area contributed by atoms with Gasteiger partial charge < -0.3 is 9.80 Å². The lowest BCUT2D eigenvalue weighted by Crippen LogP contribution is -2.14. The molecule has 0 saturated heterocycles. The molecule has 0 amide bonds. The smallest absolute Gasteiger partial charge is 0.0519 e. The summed E-state index contributed by atoms with van der Waals surface area (Å²) < 4.78 is 0. The molecule has 10 aromatic rings. The molecule has 2 heteroatoms. The number of benzene rings is 10. The van der Waals surface area contributed by atoms with E-state index in [9.17, 15) is 0 Å². The molecule has 0 radical (unpaired) electrons. The summed E-state index contributed by atoms with van der Waals surface area (Å²) in [6.07, 6.45) is 0. The molecule has 0 atom stereocenters. The standard InChI is InChI=1S/C64H54N2/c1-39-19-15-20-40(2)63(39)65(51-29-17-27-49(35-51)47-23-11-9-12-24-47)53-31-33-55-43(5)59-61(45(7)57(55)37-53)60-44(6)56-34-32-54(38-58(56)46(8)62(59)60)66(64-41(3)21-16-22-42(64)4)52-30-18-28-50(36-52)48-25-13-10-14-26-48/h9-38H,1-8H3. The van der Waals surface area contributed by atoms with Gasteiger partial charge in [-0.15, -0.1) is 0 Å². The first kappa shape index (κ1) is 41.1. The van der Waals surface area contributed by atoms with Gasteiger partial charge in [0.15, 0.2) is 0 Å². The van der Waals surface area contributed by atoms with Gasteiger partial charge in [0.2, 0.25) is 0 Å². The Hall–Kier alpha value is -7.68. The average Bonchev–Trinajstić information content (AvgIpc) is 3.33. The number of nitrogens with zero attached hydrogens (tertiary/aromatic N) is 2. The van der Waals surface area contributed by atoms with Crippen molar-refractivity contribution >= 4 is 55.7 Å². The minimum absolute atomic E-state index is 1.15. The summed E-state index contributed by atoms with van der Waals surface area (Å²) in [6, 6.07) is 67.0. The second-order valence-corrected chi connectivity index (χ2v) is 18.4. The Morgan fingerprint density at radius 3 is 0.909 bits per heavy atom. The third-order valence-electron chi connectivity index (χ3n) is 14.4. The molecule has 0 heterocycles. The van der Waals surface area contributed by atoms with Gasteiger partial charge in [0.05, 0.1) is 11.4 Å². The van der Waals surface area contributed by atoms with Gasteiger partial charge in [0, 0.05) is 22.7 Å². The van der Waals surface area contributed by atoms with E-state index in [4.69, 9.17) is 0 Å². The first-order valence-electron chi connectivity index (χ1n) is 23.3. The maximum absolute atomic E-state index is 2.47. The van der Waals surface area contributed by atoms with Crippen molar-refractivity contribution < 1.29 is 0 Å². The van der Waals surface area contributed by atoms with Gasteiger partial charge >= 0.3 is 0 Å². The molecule has 66 heavy (non-hydrogen) atoms. The Kier molecular flexibility index (Phi) is 10.0. The molecule has 0 aromatic heterocycles. The van der Waals surface area contributed by atoms with Crippen molar-refractivity contribution in [3.63, 3.8) is 0 Å². The van der Waals surface area contributed by atoms with Crippen LogP contribution >= 0.6 is 0 Å². The van der Waals surface area contributed by atoms with Crippen molar-refractivity contribution in [3.05, 3.63) is 226 Å². The lowest BCUT2D eigenvalue weighted by atomic mass is 9.69. The van der Waals surface area contributed by atoms with Crippen molar-refractivity contribution in [2.24, 2.45) is 0 Å². The number of para-hydroxylation sites is 2. The molecule has 11 rings (SSSR count). The number of aryl methyl sites for hydroxylation is 8. The van der Waals surface area contributed by atoms with Crippen LogP contribution in [0.1, 0.15) is 44.5 Å². The molecule has 1 aliphatic carbocycles. The predicted octanol–water partition coefficient (Wildman–Crippen LogP) is 18.4. The SMILES string of the molecule is Cc1cccc(C)c1N(c1cccc(-c2ccccc2)c1)c1ccc2c(C)c3c(c(C)c2c1)-c1c-3c(C)c2cc(N(c3cccc(-c4ccccc4)c3)c3c(C)cccc3C)ccc2c1C. The van der Waals surface area contributed by atoms with Crippen LogP contribution in [0.2, 0.25) is 0 Å². The van der Waals surface area contributed by atoms with E-state index in [2.05, 4.69) is 247 Å². The summed E-state index contributed by atoms with van der Waals surface area (Å²) in [5.41, 5.74) is 27.9. The Bertz CT molecular complexity index is 3270. The lowest BCUT2D eigenvalue weighted by Gasteiger charge is -2.35. The van der Waals surface area contributed by atoms with E-state index in [-0.39, 0.29) is 0 Å². The highest BCUT2D eigenvalue weighted by atomic mass is 15.2. The van der Waals surface area contributed by atoms with Crippen molar-refractivity contribution in [2.45, 2.75) is 55.4 Å². The maximum Gasteiger partial charge on any atom is 0.0519 e. The summed E-state index contributed by atoms with van der Waals surface area (Å²) in [5.74, 6) is 0. The minimum atomic E-state index is 1.15. The van der Waals surface area contributed by atoms with Gasteiger partial charge in [-0.2, -0.15) is 0 Å². The quantitative estimate of drug-likeness (QED) is 0.150. The van der Waals surface area contributed by atoms with Gasteiger partial charge in [0.25, 0.3) is 0 Å². The highest BCUT2D eigenvalue weighted by Crippen LogP contribution is 2.58. The first-order chi connectivity index (χ1) is 32.1. The van der Waals surface area contributed by atoms with Crippen LogP contribution in [0.4, 0.5) is 34.1 Å². The fourth-order valence-electron chi connectivity index (χ4n) is 11.1. The monoisotopic (exact) mass is 850 g/mol. The molecule has 0 unspecified atom stereocenters. The van der Waals surface area contributed by atoms with Crippen molar-refractivity contribution in [1.29, 1.82) is 0 Å². The molecule has 0 bridgehead atoms. The van der Waals surface area contributed by atoms with E-state index in [1.807, 2.05) is 0 Å². The van der Waals surface area contributed by atoms with Gasteiger partial charge in [-0.1, -0.05) is 133 Å². The number of hydrogen-bond donors (Lipinski definition) is 0. The summed E-state index contributed by atoms with van der Waals surface area (Å²) in [7, 11) is 0. The zero-order chi connectivity index (χ0) is 45.4. The number of anilines is 6. The van der Waals surface area contributed by atoms with E-state index < -0.39 is 0 Å². The lowest BCUT2D eigenvalue weighted by molar-refractivity contribution is 1.22. The van der Waals surface area contributed by atoms with Crippen LogP contribution in [0.15, 0.2) is 182 Å². The molecule has 10 aromatic carbocycles. The highest BCUT2D eigenvalue weighted by molar-refractivity contribution is 6.19. The Morgan fingerprint density at radius 1 is 0.242 bits per heavy atom. The van der Waals surface area contributed by atoms with Crippen LogP contribution in [0.25, 0.3) is 66.1 Å². The minimum Gasteiger partial charge on any atom is -0.310 e. The average molecular weight is 851 g/mol. The zero-order valence-corrected chi connectivity index (χ0v) is 39.2. The maximum atomic E-state index is 2.47. The van der Waals surface area contributed by atoms with Gasteiger partial charge in [-0.25, -0.2) is 0 Å². The molecular formula is C64H54N2. The third kappa shape index (κ3) is 6.54. The fourth-order valence-corrected chi connectivity index (χ4v) is 11.1. The molecular weight excluding hydrogens is 797 g/mol. The van der Waals surface area contributed by atoms with Crippen LogP contribution in [-0.4, -0.2) is 0 Å². The molecule has 1 aliphatic rings. The molecule has 0 aliphatic heterocycles. The summed E-state index contributed by atoms with van der Waals surface area (Å²) in [5, 5.41) is 5.23. The summed E-state index contributed by atoms with van der Waals surface area (Å²) in [4.78, 5) is 4.94. The van der Waals surface area contributed by atoms with Gasteiger partial charge in [-0.05, 0) is 214 Å². The van der Waals surface area contributed by atoms with Crippen molar-refractivity contribution in [3.8, 4) is 44.5 Å². The van der Waals surface area contributed by atoms with E-state index in [1.165, 1.54) is 122 Å². The Labute approximate surface area is 390 Å². The normalized spacial score (nSPS) is 11.6. The second-order valence-electron chi connectivity index (χ2n) is 18.4. The Morgan fingerprint density at radius 2 is 0.545 bits per heavy atom. The van der Waals surface area contributed by atoms with E-state index in [1.54, 1.807) is 0 Å². The molecule has 0 N–H and O–H groups in total. The van der Waals surface area contributed by atoms with E-state index in [0.717, 1.165) is 22.7 Å². The summed E-state index contributed by atoms with van der Waals surface area (Å²) >= 11 is 0. The molecule has 0 spiro atoms. The topological polar surface area (TPSA) is 6.48 Å².